The molecule has 68 valence electrons. The van der Waals surface area contributed by atoms with Crippen LogP contribution in [0, 0.1) is 0 Å². The lowest BCUT2D eigenvalue weighted by Crippen LogP contribution is -2.30. The van der Waals surface area contributed by atoms with Crippen LogP contribution in [0.1, 0.15) is 32.1 Å². The maximum Gasteiger partial charge on any atom is 0.0955 e. The maximum atomic E-state index is 3.70. The van der Waals surface area contributed by atoms with Gasteiger partial charge in [0.05, 0.1) is 6.17 Å². The lowest BCUT2D eigenvalue weighted by Gasteiger charge is -2.10. The number of nitrogens with one attached hydrogen (secondary N) is 2. The molecule has 1 rings (SSSR count). The monoisotopic (exact) mass is 166 g/mol. The van der Waals surface area contributed by atoms with E-state index in [4.69, 9.17) is 0 Å². The van der Waals surface area contributed by atoms with Gasteiger partial charge in [-0.1, -0.05) is 12.5 Å². The zero-order chi connectivity index (χ0) is 8.65. The number of allylic oxidation sites excluding steroid dienone is 1. The maximum absolute atomic E-state index is 3.70. The molecule has 1 aliphatic rings. The van der Waals surface area contributed by atoms with Crippen molar-refractivity contribution in [1.29, 1.82) is 0 Å². The molecule has 0 bridgehead atoms. The molecule has 0 radical (unpaired) electrons. The summed E-state index contributed by atoms with van der Waals surface area (Å²) in [6.45, 7) is 3.70. The molecule has 1 heterocycles. The summed E-state index contributed by atoms with van der Waals surface area (Å²) in [5, 5.41) is 6.47. The van der Waals surface area contributed by atoms with E-state index in [1.54, 1.807) is 0 Å². The molecule has 0 aromatic carbocycles. The van der Waals surface area contributed by atoms with E-state index < -0.39 is 0 Å². The van der Waals surface area contributed by atoms with Gasteiger partial charge < -0.3 is 10.6 Å². The minimum absolute atomic E-state index is 0.480. The summed E-state index contributed by atoms with van der Waals surface area (Å²) >= 11 is 0. The van der Waals surface area contributed by atoms with Gasteiger partial charge >= 0.3 is 0 Å². The molecule has 0 atom stereocenters. The van der Waals surface area contributed by atoms with Crippen molar-refractivity contribution in [3.8, 4) is 0 Å². The van der Waals surface area contributed by atoms with Gasteiger partial charge in [-0.3, -0.25) is 0 Å². The first kappa shape index (κ1) is 9.17. The van der Waals surface area contributed by atoms with Crippen molar-refractivity contribution >= 4 is 0 Å². The fourth-order valence-corrected chi connectivity index (χ4v) is 1.36. The van der Waals surface area contributed by atoms with Gasteiger partial charge in [0.1, 0.15) is 0 Å². The van der Waals surface area contributed by atoms with E-state index in [1.165, 1.54) is 25.7 Å². The first-order chi connectivity index (χ1) is 5.93. The van der Waals surface area contributed by atoms with Gasteiger partial charge in [-0.2, -0.15) is 0 Å². The van der Waals surface area contributed by atoms with Crippen molar-refractivity contribution in [2.45, 2.75) is 38.3 Å². The van der Waals surface area contributed by atoms with Gasteiger partial charge in [-0.15, -0.1) is 6.58 Å². The summed E-state index contributed by atoms with van der Waals surface area (Å²) in [6.07, 6.45) is 12.7. The Labute approximate surface area is 74.7 Å². The summed E-state index contributed by atoms with van der Waals surface area (Å²) < 4.78 is 0. The van der Waals surface area contributed by atoms with Crippen LogP contribution in [0.25, 0.3) is 0 Å². The van der Waals surface area contributed by atoms with Crippen LogP contribution in [0.2, 0.25) is 0 Å². The molecule has 0 aromatic rings. The third-order valence-corrected chi connectivity index (χ3v) is 2.08. The summed E-state index contributed by atoms with van der Waals surface area (Å²) in [5.74, 6) is 0. The third kappa shape index (κ3) is 3.46. The second kappa shape index (κ2) is 5.70. The van der Waals surface area contributed by atoms with E-state index >= 15 is 0 Å². The number of hydrogen-bond acceptors (Lipinski definition) is 2. The van der Waals surface area contributed by atoms with Crippen molar-refractivity contribution in [2.24, 2.45) is 0 Å². The van der Waals surface area contributed by atoms with E-state index in [1.807, 2.05) is 18.5 Å². The van der Waals surface area contributed by atoms with Crippen molar-refractivity contribution in [3.63, 3.8) is 0 Å². The molecule has 2 nitrogen and oxygen atoms in total. The first-order valence-corrected chi connectivity index (χ1v) is 4.71. The van der Waals surface area contributed by atoms with Gasteiger partial charge in [0.2, 0.25) is 0 Å². The van der Waals surface area contributed by atoms with Crippen LogP contribution >= 0.6 is 0 Å². The second-order valence-electron chi connectivity index (χ2n) is 3.15. The number of rotatable bonds is 6. The Bertz CT molecular complexity index is 144. The average Bonchev–Trinajstić information content (AvgIpc) is 2.57. The SMILES string of the molecule is C=CCCCCCC1NC=CN1. The van der Waals surface area contributed by atoms with E-state index in [-0.39, 0.29) is 0 Å². The fourth-order valence-electron chi connectivity index (χ4n) is 1.36. The summed E-state index contributed by atoms with van der Waals surface area (Å²) in [5.41, 5.74) is 0. The highest BCUT2D eigenvalue weighted by Crippen LogP contribution is 2.06. The first-order valence-electron chi connectivity index (χ1n) is 4.71. The van der Waals surface area contributed by atoms with Gasteiger partial charge in [0.25, 0.3) is 0 Å². The minimum atomic E-state index is 0.480. The molecular weight excluding hydrogens is 148 g/mol. The molecule has 0 aliphatic carbocycles. The summed E-state index contributed by atoms with van der Waals surface area (Å²) in [7, 11) is 0. The molecule has 0 spiro atoms. The Morgan fingerprint density at radius 2 is 1.92 bits per heavy atom. The summed E-state index contributed by atoms with van der Waals surface area (Å²) in [6, 6.07) is 0. The van der Waals surface area contributed by atoms with E-state index in [2.05, 4.69) is 17.2 Å². The predicted octanol–water partition coefficient (Wildman–Crippen LogP) is 2.11. The van der Waals surface area contributed by atoms with E-state index in [0.717, 1.165) is 6.42 Å². The second-order valence-corrected chi connectivity index (χ2v) is 3.15. The van der Waals surface area contributed by atoms with Crippen molar-refractivity contribution in [1.82, 2.24) is 10.6 Å². The topological polar surface area (TPSA) is 24.1 Å². The van der Waals surface area contributed by atoms with Crippen LogP contribution in [-0.2, 0) is 0 Å². The Morgan fingerprint density at radius 1 is 1.17 bits per heavy atom. The van der Waals surface area contributed by atoms with Crippen LogP contribution < -0.4 is 10.6 Å². The van der Waals surface area contributed by atoms with Crippen LogP contribution in [0.3, 0.4) is 0 Å². The van der Waals surface area contributed by atoms with Gasteiger partial charge in [-0.05, 0) is 25.7 Å². The van der Waals surface area contributed by atoms with Crippen molar-refractivity contribution in [3.05, 3.63) is 25.1 Å². The molecule has 0 aromatic heterocycles. The molecule has 0 amide bonds. The van der Waals surface area contributed by atoms with Gasteiger partial charge in [-0.25, -0.2) is 0 Å². The largest absolute Gasteiger partial charge is 0.370 e. The predicted molar refractivity (Wildman–Crippen MR) is 52.5 cm³/mol. The van der Waals surface area contributed by atoms with Crippen LogP contribution in [0.4, 0.5) is 0 Å². The van der Waals surface area contributed by atoms with E-state index in [9.17, 15) is 0 Å². The van der Waals surface area contributed by atoms with Crippen molar-refractivity contribution < 1.29 is 0 Å². The lowest BCUT2D eigenvalue weighted by atomic mass is 10.1. The molecule has 0 unspecified atom stereocenters. The standard InChI is InChI=1S/C10H18N2/c1-2-3-4-5-6-7-10-11-8-9-12-10/h2,8-12H,1,3-7H2. The average molecular weight is 166 g/mol. The Balaban J connectivity index is 1.85. The zero-order valence-corrected chi connectivity index (χ0v) is 7.55. The van der Waals surface area contributed by atoms with Crippen LogP contribution in [0.15, 0.2) is 25.1 Å². The number of hydrogen-bond donors (Lipinski definition) is 2. The molecule has 0 saturated carbocycles. The molecular formula is C10H18N2. The quantitative estimate of drug-likeness (QED) is 0.466. The molecule has 1 aliphatic heterocycles. The Hall–Kier alpha value is -0.920. The van der Waals surface area contributed by atoms with Crippen molar-refractivity contribution in [2.75, 3.05) is 0 Å². The lowest BCUT2D eigenvalue weighted by molar-refractivity contribution is 0.491. The minimum Gasteiger partial charge on any atom is -0.370 e. The van der Waals surface area contributed by atoms with Gasteiger partial charge in [0, 0.05) is 12.4 Å². The smallest absolute Gasteiger partial charge is 0.0955 e. The highest BCUT2D eigenvalue weighted by molar-refractivity contribution is 4.90. The normalized spacial score (nSPS) is 15.7. The molecule has 0 saturated heterocycles. The van der Waals surface area contributed by atoms with Crippen LogP contribution in [-0.4, -0.2) is 6.17 Å². The number of unbranched alkanes of at least 4 members (excludes halogenated alkanes) is 3. The Kier molecular flexibility index (Phi) is 4.35. The Morgan fingerprint density at radius 3 is 2.58 bits per heavy atom. The highest BCUT2D eigenvalue weighted by atomic mass is 15.1. The fraction of sp³-hybridized carbons (Fsp3) is 0.600. The van der Waals surface area contributed by atoms with E-state index in [0.29, 0.717) is 6.17 Å². The van der Waals surface area contributed by atoms with Gasteiger partial charge in [0.15, 0.2) is 0 Å². The third-order valence-electron chi connectivity index (χ3n) is 2.08. The highest BCUT2D eigenvalue weighted by Gasteiger charge is 2.05. The summed E-state index contributed by atoms with van der Waals surface area (Å²) in [4.78, 5) is 0. The molecule has 12 heavy (non-hydrogen) atoms. The molecule has 2 N–H and O–H groups in total. The zero-order valence-electron chi connectivity index (χ0n) is 7.55. The van der Waals surface area contributed by atoms with Crippen LogP contribution in [0.5, 0.6) is 0 Å². The molecule has 0 fully saturated rings. The molecule has 2 heteroatoms.